The van der Waals surface area contributed by atoms with Gasteiger partial charge in [-0.1, -0.05) is 36.0 Å². The van der Waals surface area contributed by atoms with Gasteiger partial charge in [0.05, 0.1) is 22.5 Å². The van der Waals surface area contributed by atoms with Gasteiger partial charge in [-0.25, -0.2) is 14.8 Å². The Morgan fingerprint density at radius 1 is 1.08 bits per heavy atom. The number of hydrogen-bond donors (Lipinski definition) is 1. The van der Waals surface area contributed by atoms with Gasteiger partial charge >= 0.3 is 6.03 Å². The molecule has 0 atom stereocenters. The number of ketones is 1. The van der Waals surface area contributed by atoms with Gasteiger partial charge in [0.25, 0.3) is 0 Å². The summed E-state index contributed by atoms with van der Waals surface area (Å²) in [6, 6.07) is 13.9. The van der Waals surface area contributed by atoms with Crippen molar-refractivity contribution in [2.75, 3.05) is 17.7 Å². The van der Waals surface area contributed by atoms with Crippen molar-refractivity contribution in [2.24, 2.45) is 5.73 Å². The molecule has 0 aliphatic carbocycles. The van der Waals surface area contributed by atoms with Crippen LogP contribution in [0.2, 0.25) is 0 Å². The molecule has 0 saturated heterocycles. The van der Waals surface area contributed by atoms with Crippen LogP contribution in [0.3, 0.4) is 0 Å². The summed E-state index contributed by atoms with van der Waals surface area (Å²) in [6.07, 6.45) is 0. The summed E-state index contributed by atoms with van der Waals surface area (Å²) in [5, 5.41) is 0.738. The summed E-state index contributed by atoms with van der Waals surface area (Å²) >= 11 is 1.36. The van der Waals surface area contributed by atoms with Crippen LogP contribution in [-0.2, 0) is 0 Å². The summed E-state index contributed by atoms with van der Waals surface area (Å²) in [6.45, 7) is 1.88. The number of rotatable bonds is 5. The van der Waals surface area contributed by atoms with Crippen molar-refractivity contribution in [2.45, 2.75) is 11.9 Å². The molecule has 7 heteroatoms. The number of thioether (sulfide) groups is 1. The molecule has 1 aromatic heterocycles. The first-order valence-corrected chi connectivity index (χ1v) is 8.97. The number of fused-ring (bicyclic) bond motifs is 1. The fraction of sp³-hybridized carbons (Fsp3) is 0.158. The van der Waals surface area contributed by atoms with E-state index in [0.29, 0.717) is 11.3 Å². The number of carbonyl (C=O) groups is 2. The minimum atomic E-state index is -0.578. The molecular weight excluding hydrogens is 348 g/mol. The predicted octanol–water partition coefficient (Wildman–Crippen LogP) is 3.43. The van der Waals surface area contributed by atoms with Crippen LogP contribution in [0, 0.1) is 6.92 Å². The van der Waals surface area contributed by atoms with Crippen molar-refractivity contribution in [3.05, 3.63) is 59.8 Å². The second kappa shape index (κ2) is 7.53. The van der Waals surface area contributed by atoms with Crippen LogP contribution >= 0.6 is 11.8 Å². The van der Waals surface area contributed by atoms with E-state index in [1.54, 1.807) is 31.3 Å². The molecule has 2 aromatic carbocycles. The standard InChI is InChI=1S/C19H18N4O2S/c1-12-18(22-16-9-4-3-8-15(16)21-12)26-11-17(24)13-6-5-7-14(10-13)23(2)19(20)25/h3-10H,11H2,1-2H3,(H2,20,25). The molecule has 3 aromatic rings. The SMILES string of the molecule is Cc1nc2ccccc2nc1SCC(=O)c1cccc(N(C)C(N)=O)c1. The average Bonchev–Trinajstić information content (AvgIpc) is 2.65. The molecule has 0 bridgehead atoms. The Hall–Kier alpha value is -2.93. The second-order valence-corrected chi connectivity index (χ2v) is 6.73. The second-order valence-electron chi connectivity index (χ2n) is 5.76. The maximum atomic E-state index is 12.5. The van der Waals surface area contributed by atoms with Crippen LogP contribution < -0.4 is 10.6 Å². The normalized spacial score (nSPS) is 10.7. The first-order valence-electron chi connectivity index (χ1n) is 7.98. The first-order chi connectivity index (χ1) is 12.5. The number of aryl methyl sites for hydroxylation is 1. The molecule has 0 fully saturated rings. The van der Waals surface area contributed by atoms with Crippen LogP contribution in [0.1, 0.15) is 16.1 Å². The minimum Gasteiger partial charge on any atom is -0.351 e. The van der Waals surface area contributed by atoms with Gasteiger partial charge < -0.3 is 5.73 Å². The summed E-state index contributed by atoms with van der Waals surface area (Å²) in [5.74, 6) is 0.182. The van der Waals surface area contributed by atoms with Gasteiger partial charge in [0, 0.05) is 18.3 Å². The molecule has 132 valence electrons. The molecule has 2 N–H and O–H groups in total. The molecule has 26 heavy (non-hydrogen) atoms. The highest BCUT2D eigenvalue weighted by Crippen LogP contribution is 2.23. The Labute approximate surface area is 155 Å². The van der Waals surface area contributed by atoms with Crippen molar-refractivity contribution >= 4 is 40.3 Å². The smallest absolute Gasteiger partial charge is 0.318 e. The third-order valence-corrected chi connectivity index (χ3v) is 4.99. The lowest BCUT2D eigenvalue weighted by atomic mass is 10.1. The first kappa shape index (κ1) is 17.9. The number of nitrogens with two attached hydrogens (primary N) is 1. The predicted molar refractivity (Wildman–Crippen MR) is 104 cm³/mol. The van der Waals surface area contributed by atoms with Crippen molar-refractivity contribution in [1.82, 2.24) is 9.97 Å². The van der Waals surface area contributed by atoms with E-state index in [4.69, 9.17) is 5.73 Å². The number of aromatic nitrogens is 2. The third-order valence-electron chi connectivity index (χ3n) is 3.93. The van der Waals surface area contributed by atoms with E-state index in [-0.39, 0.29) is 11.5 Å². The lowest BCUT2D eigenvalue weighted by molar-refractivity contribution is 0.102. The number of hydrogen-bond acceptors (Lipinski definition) is 5. The molecule has 0 spiro atoms. The van der Waals surface area contributed by atoms with E-state index >= 15 is 0 Å². The van der Waals surface area contributed by atoms with Crippen molar-refractivity contribution < 1.29 is 9.59 Å². The summed E-state index contributed by atoms with van der Waals surface area (Å²) in [4.78, 5) is 34.2. The number of benzene rings is 2. The Balaban J connectivity index is 1.76. The maximum absolute atomic E-state index is 12.5. The zero-order chi connectivity index (χ0) is 18.7. The number of para-hydroxylation sites is 2. The molecule has 2 amide bonds. The van der Waals surface area contributed by atoms with Gasteiger partial charge in [0.2, 0.25) is 0 Å². The van der Waals surface area contributed by atoms with E-state index in [9.17, 15) is 9.59 Å². The Morgan fingerprint density at radius 2 is 1.77 bits per heavy atom. The lowest BCUT2D eigenvalue weighted by Crippen LogP contribution is -2.31. The third kappa shape index (κ3) is 3.83. The van der Waals surface area contributed by atoms with Gasteiger partial charge in [-0.2, -0.15) is 0 Å². The molecule has 3 rings (SSSR count). The number of primary amides is 1. The highest BCUT2D eigenvalue weighted by molar-refractivity contribution is 8.00. The van der Waals surface area contributed by atoms with Gasteiger partial charge in [-0.3, -0.25) is 9.69 Å². The molecular formula is C19H18N4O2S. The van der Waals surface area contributed by atoms with Crippen molar-refractivity contribution in [3.63, 3.8) is 0 Å². The highest BCUT2D eigenvalue weighted by Gasteiger charge is 2.13. The molecule has 0 radical (unpaired) electrons. The lowest BCUT2D eigenvalue weighted by Gasteiger charge is -2.15. The van der Waals surface area contributed by atoms with Crippen LogP contribution in [0.4, 0.5) is 10.5 Å². The molecule has 0 unspecified atom stereocenters. The van der Waals surface area contributed by atoms with E-state index in [2.05, 4.69) is 9.97 Å². The Morgan fingerprint density at radius 3 is 2.46 bits per heavy atom. The fourth-order valence-corrected chi connectivity index (χ4v) is 3.29. The summed E-state index contributed by atoms with van der Waals surface area (Å²) < 4.78 is 0. The molecule has 0 aliphatic rings. The van der Waals surface area contributed by atoms with E-state index in [1.165, 1.54) is 16.7 Å². The number of Topliss-reactive ketones (excluding diaryl/α,β-unsaturated/α-hetero) is 1. The van der Waals surface area contributed by atoms with Gasteiger partial charge in [-0.05, 0) is 31.2 Å². The van der Waals surface area contributed by atoms with Gasteiger partial charge in [0.1, 0.15) is 5.03 Å². The average molecular weight is 366 g/mol. The zero-order valence-corrected chi connectivity index (χ0v) is 15.3. The van der Waals surface area contributed by atoms with E-state index in [0.717, 1.165) is 21.8 Å². The van der Waals surface area contributed by atoms with Crippen LogP contribution in [-0.4, -0.2) is 34.6 Å². The van der Waals surface area contributed by atoms with Gasteiger partial charge in [-0.15, -0.1) is 0 Å². The quantitative estimate of drug-likeness (QED) is 0.552. The van der Waals surface area contributed by atoms with Crippen molar-refractivity contribution in [3.8, 4) is 0 Å². The summed E-state index contributed by atoms with van der Waals surface area (Å²) in [5.41, 5.74) is 8.81. The Kier molecular flexibility index (Phi) is 5.18. The summed E-state index contributed by atoms with van der Waals surface area (Å²) in [7, 11) is 1.56. The monoisotopic (exact) mass is 366 g/mol. The van der Waals surface area contributed by atoms with E-state index in [1.807, 2.05) is 31.2 Å². The van der Waals surface area contributed by atoms with Crippen LogP contribution in [0.15, 0.2) is 53.6 Å². The van der Waals surface area contributed by atoms with Gasteiger partial charge in [0.15, 0.2) is 5.78 Å². The zero-order valence-electron chi connectivity index (χ0n) is 14.5. The van der Waals surface area contributed by atoms with Crippen LogP contribution in [0.5, 0.6) is 0 Å². The maximum Gasteiger partial charge on any atom is 0.318 e. The number of nitrogens with zero attached hydrogens (tertiary/aromatic N) is 3. The number of urea groups is 1. The fourth-order valence-electron chi connectivity index (χ4n) is 2.44. The molecule has 6 nitrogen and oxygen atoms in total. The van der Waals surface area contributed by atoms with Crippen molar-refractivity contribution in [1.29, 1.82) is 0 Å². The topological polar surface area (TPSA) is 89.2 Å². The molecule has 1 heterocycles. The highest BCUT2D eigenvalue weighted by atomic mass is 32.2. The largest absolute Gasteiger partial charge is 0.351 e. The minimum absolute atomic E-state index is 0.0518. The molecule has 0 saturated carbocycles. The molecule has 0 aliphatic heterocycles. The number of amides is 2. The number of carbonyl (C=O) groups excluding carboxylic acids is 2. The Bertz CT molecular complexity index is 990. The van der Waals surface area contributed by atoms with E-state index < -0.39 is 6.03 Å². The number of anilines is 1. The van der Waals surface area contributed by atoms with Crippen LogP contribution in [0.25, 0.3) is 11.0 Å².